The molecule has 0 aromatic heterocycles. The van der Waals surface area contributed by atoms with Crippen molar-refractivity contribution in [3.05, 3.63) is 52.0 Å². The fourth-order valence-electron chi connectivity index (χ4n) is 3.35. The molecule has 0 saturated heterocycles. The Bertz CT molecular complexity index is 1270. The molecule has 2 aromatic rings. The van der Waals surface area contributed by atoms with Crippen molar-refractivity contribution >= 4 is 85.3 Å². The van der Waals surface area contributed by atoms with E-state index in [4.69, 9.17) is 27.9 Å². The Morgan fingerprint density at radius 1 is 1.27 bits per heavy atom. The van der Waals surface area contributed by atoms with Gasteiger partial charge in [0.2, 0.25) is 5.91 Å². The van der Waals surface area contributed by atoms with E-state index in [0.29, 0.717) is 44.0 Å². The quantitative estimate of drug-likeness (QED) is 0.263. The van der Waals surface area contributed by atoms with Crippen LogP contribution in [0.4, 0.5) is 5.69 Å². The zero-order valence-corrected chi connectivity index (χ0v) is 22.7. The standard InChI is InChI=1S/C21H20Cl2IN3O4S2/c1-12-24-11-25-21(32-12)27-33(29,30)16-3-4-18-14(9-16)8-13(20(28)26-18)6-7-31-19-5-2-15(22)10-17(19)23/h2-5,9-10,13H,6-8,11H2,1H3,(H,25,27)(H,26,28). The van der Waals surface area contributed by atoms with E-state index in [-0.39, 0.29) is 44.1 Å². The predicted molar refractivity (Wildman–Crippen MR) is 144 cm³/mol. The number of sulfonamides is 1. The van der Waals surface area contributed by atoms with Crippen molar-refractivity contribution in [1.82, 2.24) is 4.72 Å². The Labute approximate surface area is 216 Å². The highest BCUT2D eigenvalue weighted by Gasteiger charge is 2.28. The maximum absolute atomic E-state index is 12.9. The van der Waals surface area contributed by atoms with Gasteiger partial charge in [0.1, 0.15) is 5.75 Å². The van der Waals surface area contributed by atoms with Crippen molar-refractivity contribution in [2.24, 2.45) is 10.9 Å². The second-order valence-electron chi connectivity index (χ2n) is 7.32. The average molecular weight is 640 g/mol. The average Bonchev–Trinajstić information content (AvgIpc) is 2.75. The molecule has 1 amide bonds. The maximum Gasteiger partial charge on any atom is 0.263 e. The first-order valence-corrected chi connectivity index (χ1v) is 15.6. The van der Waals surface area contributed by atoms with Crippen LogP contribution in [0.5, 0.6) is 5.75 Å². The first-order chi connectivity index (χ1) is 15.7. The monoisotopic (exact) mass is 639 g/mol. The Kier molecular flexibility index (Phi) is 7.89. The summed E-state index contributed by atoms with van der Waals surface area (Å²) in [5.74, 6) is 0.0217. The van der Waals surface area contributed by atoms with Crippen molar-refractivity contribution < 1.29 is 17.9 Å². The zero-order chi connectivity index (χ0) is 23.6. The summed E-state index contributed by atoms with van der Waals surface area (Å²) in [6.45, 7) is 2.29. The van der Waals surface area contributed by atoms with Gasteiger partial charge in [-0.25, -0.2) is 8.42 Å². The van der Waals surface area contributed by atoms with Crippen LogP contribution < -0.4 is 14.8 Å². The van der Waals surface area contributed by atoms with Crippen LogP contribution in [0.3, 0.4) is 0 Å². The summed E-state index contributed by atoms with van der Waals surface area (Å²) in [6.07, 6.45) is 0.861. The minimum atomic E-state index is -3.77. The Morgan fingerprint density at radius 3 is 2.85 bits per heavy atom. The van der Waals surface area contributed by atoms with Gasteiger partial charge in [0.15, 0.2) is 5.17 Å². The van der Waals surface area contributed by atoms with Crippen LogP contribution in [-0.4, -0.2) is 33.5 Å². The molecular formula is C21H20Cl2IN3O4S2. The topological polar surface area (TPSA) is 96.9 Å². The molecule has 2 N–H and O–H groups in total. The third-order valence-electron chi connectivity index (χ3n) is 5.01. The number of amidine groups is 1. The molecule has 12 heteroatoms. The summed E-state index contributed by atoms with van der Waals surface area (Å²) in [4.78, 5) is 17.0. The smallest absolute Gasteiger partial charge is 0.263 e. The van der Waals surface area contributed by atoms with E-state index in [2.05, 4.69) is 15.0 Å². The molecule has 0 radical (unpaired) electrons. The zero-order valence-electron chi connectivity index (χ0n) is 17.4. The van der Waals surface area contributed by atoms with Crippen LogP contribution in [-0.2, 0) is 21.2 Å². The molecule has 1 unspecified atom stereocenters. The number of anilines is 1. The summed E-state index contributed by atoms with van der Waals surface area (Å²) < 4.78 is 36.0. The normalized spacial score (nSPS) is 18.3. The molecule has 176 valence electrons. The van der Waals surface area contributed by atoms with Crippen LogP contribution in [0.25, 0.3) is 0 Å². The van der Waals surface area contributed by atoms with E-state index in [1.54, 1.807) is 30.3 Å². The van der Waals surface area contributed by atoms with Crippen molar-refractivity contribution in [2.75, 3.05) is 16.5 Å². The lowest BCUT2D eigenvalue weighted by atomic mass is 9.91. The molecule has 7 nitrogen and oxygen atoms in total. The van der Waals surface area contributed by atoms with Crippen LogP contribution >= 0.6 is 55.7 Å². The van der Waals surface area contributed by atoms with Gasteiger partial charge >= 0.3 is 0 Å². The highest BCUT2D eigenvalue weighted by molar-refractivity contribution is 14.2. The number of nitrogens with one attached hydrogen (secondary N) is 2. The van der Waals surface area contributed by atoms with E-state index >= 15 is 0 Å². The van der Waals surface area contributed by atoms with E-state index in [1.807, 2.05) is 6.92 Å². The second kappa shape index (κ2) is 10.5. The minimum absolute atomic E-state index is 0.121. The summed E-state index contributed by atoms with van der Waals surface area (Å²) in [5.41, 5.74) is 1.38. The molecule has 2 aromatic carbocycles. The van der Waals surface area contributed by atoms with Crippen LogP contribution in [0.15, 0.2) is 46.3 Å². The van der Waals surface area contributed by atoms with Gasteiger partial charge in [-0.05, 0) is 61.7 Å². The van der Waals surface area contributed by atoms with Crippen LogP contribution in [0.1, 0.15) is 18.9 Å². The number of alkyl halides is 1. The summed E-state index contributed by atoms with van der Waals surface area (Å²) in [5, 5.41) is 4.18. The number of carbonyl (C=O) groups excluding carboxylic acids is 1. The van der Waals surface area contributed by atoms with Crippen LogP contribution in [0.2, 0.25) is 10.0 Å². The fourth-order valence-corrected chi connectivity index (χ4v) is 8.36. The number of nitrogens with zero attached hydrogens (tertiary/aromatic N) is 1. The number of halogens is 3. The number of aliphatic imine (C=N–C) groups is 1. The lowest BCUT2D eigenvalue weighted by Gasteiger charge is -2.25. The third kappa shape index (κ3) is 6.21. The number of benzene rings is 2. The molecule has 0 spiro atoms. The molecular weight excluding hydrogens is 620 g/mol. The minimum Gasteiger partial charge on any atom is -0.492 e. The number of carbonyl (C=O) groups is 1. The number of amides is 1. The van der Waals surface area contributed by atoms with Gasteiger partial charge in [-0.15, -0.1) is 0 Å². The number of thioether (sulfide) groups is 1. The van der Waals surface area contributed by atoms with Crippen molar-refractivity contribution in [3.63, 3.8) is 0 Å². The number of fused-ring (bicyclic) bond motifs is 1. The lowest BCUT2D eigenvalue weighted by molar-refractivity contribution is -0.120. The SMILES string of the molecule is CC1=ICN=C(NS(=O)(=O)c2ccc3c(c2)CC(CCOc2ccc(Cl)cc2Cl)C(=O)N3)S1. The molecule has 0 bridgehead atoms. The second-order valence-corrected chi connectivity index (χ2v) is 14.8. The van der Waals surface area contributed by atoms with Crippen LogP contribution in [0, 0.1) is 5.92 Å². The number of hydrogen-bond donors (Lipinski definition) is 2. The molecule has 0 saturated carbocycles. The van der Waals surface area contributed by atoms with Gasteiger partial charge in [-0.1, -0.05) is 55.7 Å². The van der Waals surface area contributed by atoms with E-state index in [0.717, 1.165) is 5.56 Å². The number of ether oxygens (including phenoxy) is 1. The molecule has 4 rings (SSSR count). The third-order valence-corrected chi connectivity index (χ3v) is 10.9. The molecule has 1 atom stereocenters. The lowest BCUT2D eigenvalue weighted by Crippen LogP contribution is -2.32. The predicted octanol–water partition coefficient (Wildman–Crippen LogP) is 5.03. The van der Waals surface area contributed by atoms with Gasteiger partial charge in [-0.2, -0.15) is 0 Å². The molecule has 2 aliphatic rings. The van der Waals surface area contributed by atoms with Crippen molar-refractivity contribution in [1.29, 1.82) is 0 Å². The summed E-state index contributed by atoms with van der Waals surface area (Å²) >= 11 is 13.3. The fraction of sp³-hybridized carbons (Fsp3) is 0.286. The van der Waals surface area contributed by atoms with E-state index in [1.165, 1.54) is 20.7 Å². The molecule has 2 aliphatic heterocycles. The Hall–Kier alpha value is -1.34. The number of rotatable bonds is 6. The van der Waals surface area contributed by atoms with Gasteiger partial charge < -0.3 is 10.1 Å². The van der Waals surface area contributed by atoms with Gasteiger partial charge in [-0.3, -0.25) is 14.5 Å². The Balaban J connectivity index is 1.43. The highest BCUT2D eigenvalue weighted by Crippen LogP contribution is 2.31. The maximum atomic E-state index is 12.9. The van der Waals surface area contributed by atoms with Crippen molar-refractivity contribution in [2.45, 2.75) is 24.7 Å². The van der Waals surface area contributed by atoms with Gasteiger partial charge in [0.25, 0.3) is 10.0 Å². The first kappa shape index (κ1) is 24.8. The van der Waals surface area contributed by atoms with E-state index in [9.17, 15) is 13.2 Å². The molecule has 0 fully saturated rings. The highest BCUT2D eigenvalue weighted by atomic mass is 127. The summed E-state index contributed by atoms with van der Waals surface area (Å²) in [6, 6.07) is 9.68. The largest absolute Gasteiger partial charge is 0.492 e. The van der Waals surface area contributed by atoms with Gasteiger partial charge in [0, 0.05) is 19.5 Å². The van der Waals surface area contributed by atoms with Crippen molar-refractivity contribution in [3.8, 4) is 5.75 Å². The molecule has 33 heavy (non-hydrogen) atoms. The number of hydrogen-bond acceptors (Lipinski definition) is 6. The Morgan fingerprint density at radius 2 is 2.09 bits per heavy atom. The summed E-state index contributed by atoms with van der Waals surface area (Å²) in [7, 11) is -3.77. The van der Waals surface area contributed by atoms with Gasteiger partial charge in [0.05, 0.1) is 21.1 Å². The van der Waals surface area contributed by atoms with E-state index < -0.39 is 10.0 Å². The molecule has 0 aliphatic carbocycles. The first-order valence-electron chi connectivity index (χ1n) is 9.91. The molecule has 2 heterocycles.